The van der Waals surface area contributed by atoms with Gasteiger partial charge in [-0.05, 0) is 164 Å². The Balaban J connectivity index is 0.000000133. The van der Waals surface area contributed by atoms with Crippen molar-refractivity contribution in [3.63, 3.8) is 0 Å². The molecule has 0 N–H and O–H groups in total. The average Bonchev–Trinajstić information content (AvgIpc) is 3.44. The van der Waals surface area contributed by atoms with Crippen LogP contribution in [0.3, 0.4) is 0 Å². The first kappa shape index (κ1) is 41.4. The molecule has 2 heterocycles. The molecule has 0 aliphatic carbocycles. The van der Waals surface area contributed by atoms with E-state index >= 15 is 0 Å². The second-order valence-electron chi connectivity index (χ2n) is 18.3. The van der Waals surface area contributed by atoms with Gasteiger partial charge in [0.15, 0.2) is 0 Å². The predicted molar refractivity (Wildman–Crippen MR) is 302 cm³/mol. The molecule has 0 amide bonds. The van der Waals surface area contributed by atoms with Crippen molar-refractivity contribution >= 4 is 99.9 Å². The van der Waals surface area contributed by atoms with E-state index in [0.29, 0.717) is 0 Å². The maximum absolute atomic E-state index is 2.40. The third-order valence-corrected chi connectivity index (χ3v) is 18.1. The Morgan fingerprint density at radius 2 is 0.600 bits per heavy atom. The van der Waals surface area contributed by atoms with E-state index in [2.05, 4.69) is 243 Å². The lowest BCUT2D eigenvalue weighted by Crippen LogP contribution is -2.00. The highest BCUT2D eigenvalue weighted by atomic mass is 32.2. The highest BCUT2D eigenvalue weighted by Crippen LogP contribution is 2.50. The van der Waals surface area contributed by atoms with Crippen molar-refractivity contribution in [2.75, 3.05) is 0 Å². The van der Waals surface area contributed by atoms with Crippen LogP contribution in [0.25, 0.3) is 98.0 Å². The zero-order chi connectivity index (χ0) is 46.1. The molecule has 15 rings (SSSR count). The van der Waals surface area contributed by atoms with Crippen LogP contribution in [0.2, 0.25) is 0 Å². The van der Waals surface area contributed by atoms with Crippen LogP contribution in [-0.4, -0.2) is 0 Å². The second-order valence-corrected chi connectivity index (χ2v) is 21.5. The van der Waals surface area contributed by atoms with Crippen molar-refractivity contribution < 1.29 is 0 Å². The van der Waals surface area contributed by atoms with Crippen LogP contribution < -0.4 is 0 Å². The molecule has 0 nitrogen and oxygen atoms in total. The predicted octanol–water partition coefficient (Wildman–Crippen LogP) is 20.0. The zero-order valence-electron chi connectivity index (χ0n) is 38.0. The van der Waals surface area contributed by atoms with Crippen LogP contribution >= 0.6 is 35.3 Å². The van der Waals surface area contributed by atoms with Gasteiger partial charge >= 0.3 is 0 Å². The number of hydrogen-bond acceptors (Lipinski definition) is 3. The maximum atomic E-state index is 2.40. The van der Waals surface area contributed by atoms with Crippen LogP contribution in [0.5, 0.6) is 0 Å². The first-order valence-electron chi connectivity index (χ1n) is 23.9. The maximum Gasteiger partial charge on any atom is 0.0268 e. The summed E-state index contributed by atoms with van der Waals surface area (Å²) in [6.07, 6.45) is 1.01. The van der Waals surface area contributed by atoms with Gasteiger partial charge in [0.05, 0.1) is 0 Å². The molecule has 0 unspecified atom stereocenters. The zero-order valence-corrected chi connectivity index (χ0v) is 40.5. The molecule has 0 spiro atoms. The largest absolute Gasteiger partial charge is 0.0888 e. The Labute approximate surface area is 420 Å². The lowest BCUT2D eigenvalue weighted by Gasteiger charge is -2.22. The molecule has 328 valence electrons. The van der Waals surface area contributed by atoms with E-state index in [9.17, 15) is 0 Å². The van der Waals surface area contributed by atoms with E-state index in [4.69, 9.17) is 0 Å². The summed E-state index contributed by atoms with van der Waals surface area (Å²) in [4.78, 5) is 8.13. The molecule has 0 saturated carbocycles. The Bertz CT molecular complexity index is 4190. The van der Waals surface area contributed by atoms with Gasteiger partial charge in [-0.1, -0.05) is 229 Å². The SMILES string of the molecule is c1cc(-c2ccc3c(c2)Sc2ccccc2S3)cc(-c2ccc3c4ccccc4c4ccccc4c3c2)c1.c1ccc2c(c1)Cc1cccc(-c3ccc4c5ccccc5c5ccccc5c4c3)c1S2. The summed E-state index contributed by atoms with van der Waals surface area (Å²) in [6.45, 7) is 0. The summed E-state index contributed by atoms with van der Waals surface area (Å²) in [5, 5.41) is 15.8. The van der Waals surface area contributed by atoms with Crippen molar-refractivity contribution in [2.24, 2.45) is 0 Å². The minimum atomic E-state index is 1.01. The van der Waals surface area contributed by atoms with Gasteiger partial charge in [-0.25, -0.2) is 0 Å². The molecule has 70 heavy (non-hydrogen) atoms. The summed E-state index contributed by atoms with van der Waals surface area (Å²) in [5.41, 5.74) is 10.5. The Morgan fingerprint density at radius 3 is 1.19 bits per heavy atom. The van der Waals surface area contributed by atoms with E-state index < -0.39 is 0 Å². The van der Waals surface area contributed by atoms with Gasteiger partial charge in [0.2, 0.25) is 0 Å². The quantitative estimate of drug-likeness (QED) is 0.162. The molecule has 13 aromatic carbocycles. The van der Waals surface area contributed by atoms with E-state index in [0.717, 1.165) is 6.42 Å². The summed E-state index contributed by atoms with van der Waals surface area (Å²) < 4.78 is 0. The first-order valence-corrected chi connectivity index (χ1v) is 26.4. The number of fused-ring (bicyclic) bond motifs is 16. The summed E-state index contributed by atoms with van der Waals surface area (Å²) in [7, 11) is 0. The average molecular weight is 943 g/mol. The monoisotopic (exact) mass is 942 g/mol. The van der Waals surface area contributed by atoms with Crippen molar-refractivity contribution in [2.45, 2.75) is 35.8 Å². The molecule has 2 aliphatic heterocycles. The number of rotatable bonds is 3. The summed E-state index contributed by atoms with van der Waals surface area (Å²) >= 11 is 5.66. The fraction of sp³-hybridized carbons (Fsp3) is 0.0149. The lowest BCUT2D eigenvalue weighted by molar-refractivity contribution is 1.06. The fourth-order valence-corrected chi connectivity index (χ4v) is 14.3. The third kappa shape index (κ3) is 7.11. The van der Waals surface area contributed by atoms with E-state index in [1.54, 1.807) is 0 Å². The van der Waals surface area contributed by atoms with Gasteiger partial charge in [-0.2, -0.15) is 0 Å². The molecular formula is C67H42S3. The molecule has 0 bridgehead atoms. The normalized spacial score (nSPS) is 12.6. The smallest absolute Gasteiger partial charge is 0.0268 e. The third-order valence-electron chi connectivity index (χ3n) is 14.2. The highest BCUT2D eigenvalue weighted by molar-refractivity contribution is 8.05. The Hall–Kier alpha value is -7.53. The van der Waals surface area contributed by atoms with Crippen LogP contribution in [-0.2, 0) is 6.42 Å². The molecule has 0 atom stereocenters. The molecule has 2 aliphatic rings. The van der Waals surface area contributed by atoms with E-state index in [1.807, 2.05) is 35.3 Å². The van der Waals surface area contributed by atoms with Crippen LogP contribution in [0.15, 0.2) is 272 Å². The van der Waals surface area contributed by atoms with Gasteiger partial charge in [0.25, 0.3) is 0 Å². The summed E-state index contributed by atoms with van der Waals surface area (Å²) in [5.74, 6) is 0. The molecular weight excluding hydrogens is 901 g/mol. The fourth-order valence-electron chi connectivity index (χ4n) is 10.9. The highest BCUT2D eigenvalue weighted by Gasteiger charge is 2.21. The summed E-state index contributed by atoms with van der Waals surface area (Å²) in [6, 6.07) is 89.2. The standard InChI is InChI=1S/C36H22S2.C31H20S/c1-2-12-29-27(10-1)28-11-3-4-13-30(28)32-21-25(16-18-31(29)32)23-8-7-9-24(20-23)26-17-19-35-36(22-26)38-34-15-6-5-14-33(34)37-35;1-6-15-30-21(8-1)18-22-9-7-14-23(31(22)32-30)20-16-17-28-26-12-3-2-10-24(26)25-11-4-5-13-27(25)29(28)19-20/h1-22H;1-17,19H,18H2. The van der Waals surface area contributed by atoms with Crippen LogP contribution in [0, 0.1) is 0 Å². The van der Waals surface area contributed by atoms with Gasteiger partial charge in [0.1, 0.15) is 0 Å². The molecule has 0 saturated heterocycles. The van der Waals surface area contributed by atoms with E-state index in [1.165, 1.54) is 139 Å². The van der Waals surface area contributed by atoms with Crippen molar-refractivity contribution in [3.05, 3.63) is 254 Å². The van der Waals surface area contributed by atoms with Gasteiger partial charge < -0.3 is 0 Å². The minimum absolute atomic E-state index is 1.01. The van der Waals surface area contributed by atoms with Crippen molar-refractivity contribution in [3.8, 4) is 33.4 Å². The van der Waals surface area contributed by atoms with Gasteiger partial charge in [0, 0.05) is 29.4 Å². The van der Waals surface area contributed by atoms with Crippen LogP contribution in [0.4, 0.5) is 0 Å². The van der Waals surface area contributed by atoms with Crippen LogP contribution in [0.1, 0.15) is 11.1 Å². The van der Waals surface area contributed by atoms with E-state index in [-0.39, 0.29) is 0 Å². The first-order chi connectivity index (χ1) is 34.7. The van der Waals surface area contributed by atoms with Gasteiger partial charge in [-0.3, -0.25) is 0 Å². The molecule has 0 radical (unpaired) electrons. The molecule has 0 aromatic heterocycles. The van der Waals surface area contributed by atoms with Crippen molar-refractivity contribution in [1.82, 2.24) is 0 Å². The second kappa shape index (κ2) is 17.2. The Morgan fingerprint density at radius 1 is 0.214 bits per heavy atom. The van der Waals surface area contributed by atoms with Gasteiger partial charge in [-0.15, -0.1) is 0 Å². The molecule has 0 fully saturated rings. The van der Waals surface area contributed by atoms with Crippen molar-refractivity contribution in [1.29, 1.82) is 0 Å². The number of hydrogen-bond donors (Lipinski definition) is 0. The minimum Gasteiger partial charge on any atom is -0.0888 e. The molecule has 3 heteroatoms. The molecule has 13 aromatic rings. The lowest BCUT2D eigenvalue weighted by atomic mass is 9.91. The Kier molecular flexibility index (Phi) is 10.2. The topological polar surface area (TPSA) is 0 Å². The number of benzene rings is 13.